The van der Waals surface area contributed by atoms with Crippen molar-refractivity contribution in [3.05, 3.63) is 0 Å². The minimum Gasteiger partial charge on any atom is -0.373 e. The molecule has 0 spiro atoms. The molecule has 0 unspecified atom stereocenters. The average Bonchev–Trinajstić information content (AvgIpc) is 3.24. The Hall–Kier alpha value is -0.210. The number of phosphoric ester groups is 1. The van der Waals surface area contributed by atoms with E-state index in [1.807, 2.05) is 21.1 Å². The van der Waals surface area contributed by atoms with E-state index in [9.17, 15) is 14.4 Å². The Kier molecular flexibility index (Phi) is 22.3. The molecule has 1 heterocycles. The highest BCUT2D eigenvalue weighted by Crippen LogP contribution is 2.48. The Morgan fingerprint density at radius 1 is 0.646 bits per heavy atom. The second-order valence-electron chi connectivity index (χ2n) is 15.4. The molecule has 0 aromatic carbocycles. The summed E-state index contributed by atoms with van der Waals surface area (Å²) in [7, 11) is 10.5. The third kappa shape index (κ3) is 18.3. The summed E-state index contributed by atoms with van der Waals surface area (Å²) >= 11 is 0. The van der Waals surface area contributed by atoms with Gasteiger partial charge in [0.2, 0.25) is 0 Å². The third-order valence-corrected chi connectivity index (χ3v) is 9.31. The fourth-order valence-electron chi connectivity index (χ4n) is 5.93. The minimum absolute atomic E-state index is 0.239. The van der Waals surface area contributed by atoms with Gasteiger partial charge in [-0.3, -0.25) is 4.52 Å². The van der Waals surface area contributed by atoms with Gasteiger partial charge in [-0.2, -0.15) is 0 Å². The fourth-order valence-corrected chi connectivity index (χ4v) is 6.27. The van der Waals surface area contributed by atoms with Crippen LogP contribution in [0.15, 0.2) is 0 Å². The minimum atomic E-state index is -4.79. The summed E-state index contributed by atoms with van der Waals surface area (Å²) in [4.78, 5) is 18.9. The van der Waals surface area contributed by atoms with Gasteiger partial charge in [0.25, 0.3) is 5.79 Å². The van der Waals surface area contributed by atoms with Crippen LogP contribution >= 0.6 is 7.82 Å². The lowest BCUT2D eigenvalue weighted by molar-refractivity contribution is -0.872. The van der Waals surface area contributed by atoms with Crippen molar-refractivity contribution in [2.75, 3.05) is 96.0 Å². The molecule has 4 atom stereocenters. The number of quaternary nitrogens is 2. The number of methoxy groups -OCH3 is 2. The van der Waals surface area contributed by atoms with E-state index in [1.54, 1.807) is 0 Å². The molecule has 12 nitrogen and oxygen atoms in total. The number of likely N-dealkylation sites (N-methyl/N-ethyl adjacent to an activating group) is 2. The van der Waals surface area contributed by atoms with Gasteiger partial charge in [0.15, 0.2) is 0 Å². The Bertz CT molecular complexity index is 865. The molecule has 288 valence electrons. The standard InChI is InChI=1S/C35H73N2O10P/c1-10-11-12-13-14-15-16-17-18-19-20-21-22-23-24-25-28-43-34(44-29-26-36(2,3)4)33(41-8)32(31-46-48(38,39)40)47-35(34,42-9)45-30-27-37(5,6)7/h32-33H,10-31H2,1-9H3/p+2/t32-,33+,34+,35+/m1/s1. The van der Waals surface area contributed by atoms with Crippen molar-refractivity contribution in [1.29, 1.82) is 0 Å². The monoisotopic (exact) mass is 715 g/mol. The second-order valence-corrected chi connectivity index (χ2v) is 16.6. The zero-order valence-corrected chi connectivity index (χ0v) is 33.1. The molecule has 0 aliphatic carbocycles. The van der Waals surface area contributed by atoms with Crippen LogP contribution in [0.4, 0.5) is 0 Å². The van der Waals surface area contributed by atoms with E-state index in [0.717, 1.165) is 19.3 Å². The number of hydrogen-bond donors (Lipinski definition) is 2. The highest BCUT2D eigenvalue weighted by Gasteiger charge is 2.72. The summed E-state index contributed by atoms with van der Waals surface area (Å²) in [5.41, 5.74) is 0. The van der Waals surface area contributed by atoms with Gasteiger partial charge in [-0.1, -0.05) is 103 Å². The highest BCUT2D eigenvalue weighted by atomic mass is 31.2. The number of phosphoric acid groups is 1. The molecule has 1 rings (SSSR count). The first-order chi connectivity index (χ1) is 22.5. The summed E-state index contributed by atoms with van der Waals surface area (Å²) in [5.74, 6) is -3.55. The molecule has 48 heavy (non-hydrogen) atoms. The van der Waals surface area contributed by atoms with Crippen LogP contribution in [-0.4, -0.2) is 139 Å². The van der Waals surface area contributed by atoms with Crippen molar-refractivity contribution in [2.24, 2.45) is 0 Å². The highest BCUT2D eigenvalue weighted by molar-refractivity contribution is 7.46. The molecule has 2 N–H and O–H groups in total. The summed E-state index contributed by atoms with van der Waals surface area (Å²) < 4.78 is 55.4. The smallest absolute Gasteiger partial charge is 0.373 e. The quantitative estimate of drug-likeness (QED) is 0.0370. The van der Waals surface area contributed by atoms with Crippen LogP contribution in [-0.2, 0) is 37.5 Å². The molecule has 1 aliphatic heterocycles. The van der Waals surface area contributed by atoms with Gasteiger partial charge in [0.1, 0.15) is 31.9 Å². The molecule has 0 amide bonds. The largest absolute Gasteiger partial charge is 0.469 e. The van der Waals surface area contributed by atoms with E-state index in [0.29, 0.717) is 28.7 Å². The van der Waals surface area contributed by atoms with Crippen LogP contribution in [0.25, 0.3) is 0 Å². The SMILES string of the molecule is CCCCCCCCCCCCCCCCCCO[C@]1(OCC[N+](C)(C)C)[C@@H](OC)[C@@H](COP(=O)(O)O)O[C@@]1(OC)OCC[N+](C)(C)C. The zero-order chi connectivity index (χ0) is 36.2. The van der Waals surface area contributed by atoms with E-state index >= 15 is 0 Å². The molecule has 13 heteroatoms. The van der Waals surface area contributed by atoms with Crippen LogP contribution in [0.1, 0.15) is 110 Å². The topological polar surface area (TPSA) is 122 Å². The second kappa shape index (κ2) is 23.4. The van der Waals surface area contributed by atoms with E-state index in [4.69, 9.17) is 32.9 Å². The summed E-state index contributed by atoms with van der Waals surface area (Å²) in [6, 6.07) is 0. The van der Waals surface area contributed by atoms with Gasteiger partial charge in [0.05, 0.1) is 62.1 Å². The maximum Gasteiger partial charge on any atom is 0.469 e. The first-order valence-corrected chi connectivity index (χ1v) is 20.1. The molecular weight excluding hydrogens is 639 g/mol. The molecule has 1 fully saturated rings. The van der Waals surface area contributed by atoms with Crippen molar-refractivity contribution in [1.82, 2.24) is 0 Å². The average molecular weight is 715 g/mol. The number of hydrogen-bond acceptors (Lipinski definition) is 8. The predicted molar refractivity (Wildman–Crippen MR) is 189 cm³/mol. The lowest BCUT2D eigenvalue weighted by atomic mass is 10.0. The zero-order valence-electron chi connectivity index (χ0n) is 32.2. The van der Waals surface area contributed by atoms with Gasteiger partial charge in [-0.05, 0) is 6.42 Å². The number of ether oxygens (including phenoxy) is 6. The molecule has 1 saturated heterocycles. The van der Waals surface area contributed by atoms with Crippen LogP contribution in [0, 0.1) is 0 Å². The van der Waals surface area contributed by atoms with Gasteiger partial charge in [0, 0.05) is 14.2 Å². The van der Waals surface area contributed by atoms with Crippen molar-refractivity contribution in [3.63, 3.8) is 0 Å². The fraction of sp³-hybridized carbons (Fsp3) is 1.00. The Labute approximate surface area is 293 Å². The number of rotatable bonds is 31. The number of nitrogens with zero attached hydrogens (tertiary/aromatic N) is 2. The molecule has 1 aliphatic rings. The van der Waals surface area contributed by atoms with Crippen molar-refractivity contribution < 1.29 is 56.3 Å². The van der Waals surface area contributed by atoms with E-state index in [1.165, 1.54) is 97.7 Å². The molecule has 0 saturated carbocycles. The Morgan fingerprint density at radius 2 is 1.06 bits per heavy atom. The summed E-state index contributed by atoms with van der Waals surface area (Å²) in [5, 5.41) is 0. The normalized spacial score (nSPS) is 23.7. The van der Waals surface area contributed by atoms with E-state index < -0.39 is 38.4 Å². The molecule has 0 aromatic rings. The lowest BCUT2D eigenvalue weighted by Gasteiger charge is -2.43. The molecular formula is C35H75N2O10P+2. The van der Waals surface area contributed by atoms with Crippen LogP contribution in [0.3, 0.4) is 0 Å². The maximum atomic E-state index is 11.6. The van der Waals surface area contributed by atoms with Crippen LogP contribution in [0.2, 0.25) is 0 Å². The van der Waals surface area contributed by atoms with E-state index in [-0.39, 0.29) is 13.2 Å². The summed E-state index contributed by atoms with van der Waals surface area (Å²) in [6.07, 6.45) is 18.4. The van der Waals surface area contributed by atoms with Crippen LogP contribution in [0.5, 0.6) is 0 Å². The predicted octanol–water partition coefficient (Wildman–Crippen LogP) is 6.23. The maximum absolute atomic E-state index is 11.6. The Morgan fingerprint density at radius 3 is 1.46 bits per heavy atom. The van der Waals surface area contributed by atoms with Crippen molar-refractivity contribution in [3.8, 4) is 0 Å². The van der Waals surface area contributed by atoms with Crippen LogP contribution < -0.4 is 0 Å². The number of unbranched alkanes of at least 4 members (excludes halogenated alkanes) is 15. The molecule has 0 aromatic heterocycles. The first kappa shape index (κ1) is 45.8. The Balaban J connectivity index is 2.81. The molecule has 0 bridgehead atoms. The van der Waals surface area contributed by atoms with Crippen molar-refractivity contribution >= 4 is 7.82 Å². The first-order valence-electron chi connectivity index (χ1n) is 18.5. The molecule has 0 radical (unpaired) electrons. The van der Waals surface area contributed by atoms with Gasteiger partial charge in [-0.15, -0.1) is 0 Å². The summed E-state index contributed by atoms with van der Waals surface area (Å²) in [6.45, 7) is 3.90. The van der Waals surface area contributed by atoms with Gasteiger partial charge < -0.3 is 47.2 Å². The van der Waals surface area contributed by atoms with Gasteiger partial charge in [-0.25, -0.2) is 4.57 Å². The van der Waals surface area contributed by atoms with E-state index in [2.05, 4.69) is 28.1 Å². The third-order valence-electron chi connectivity index (χ3n) is 8.82. The lowest BCUT2D eigenvalue weighted by Crippen LogP contribution is -2.64. The van der Waals surface area contributed by atoms with Gasteiger partial charge >= 0.3 is 13.8 Å². The van der Waals surface area contributed by atoms with Crippen molar-refractivity contribution in [2.45, 2.75) is 134 Å².